The number of aldehydes is 1. The fourth-order valence-electron chi connectivity index (χ4n) is 1.15. The zero-order valence-electron chi connectivity index (χ0n) is 12.4. The number of hydrogen-bond acceptors (Lipinski definition) is 5. The number of carbonyl (C=O) groups excluding carboxylic acids is 3. The average Bonchev–Trinajstić information content (AvgIpc) is 2.10. The van der Waals surface area contributed by atoms with Gasteiger partial charge in [0.2, 0.25) is 0 Å². The zero-order chi connectivity index (χ0) is 15.3. The van der Waals surface area contributed by atoms with Crippen molar-refractivity contribution in [2.75, 3.05) is 0 Å². The summed E-state index contributed by atoms with van der Waals surface area (Å²) in [6.45, 7) is 10.3. The lowest BCUT2D eigenvalue weighted by Crippen LogP contribution is -2.41. The number of ether oxygens (including phenoxy) is 2. The Labute approximate surface area is 113 Å². The Morgan fingerprint density at radius 3 is 1.89 bits per heavy atom. The van der Waals surface area contributed by atoms with Crippen LogP contribution >= 0.6 is 0 Å². The molecule has 0 unspecified atom stereocenters. The Hall–Kier alpha value is -1.59. The van der Waals surface area contributed by atoms with Crippen molar-refractivity contribution in [2.45, 2.75) is 65.2 Å². The van der Waals surface area contributed by atoms with Gasteiger partial charge in [-0.1, -0.05) is 0 Å². The largest absolute Gasteiger partial charge is 0.460 e. The molecule has 0 aromatic carbocycles. The molecule has 0 aliphatic carbocycles. The summed E-state index contributed by atoms with van der Waals surface area (Å²) in [5.41, 5.74) is -1.29. The third-order valence-corrected chi connectivity index (χ3v) is 1.67. The average molecular weight is 273 g/mol. The number of rotatable bonds is 4. The summed E-state index contributed by atoms with van der Waals surface area (Å²) >= 11 is 0. The quantitative estimate of drug-likeness (QED) is 0.624. The number of hydrogen-bond donors (Lipinski definition) is 1. The molecule has 19 heavy (non-hydrogen) atoms. The molecule has 6 nitrogen and oxygen atoms in total. The van der Waals surface area contributed by atoms with E-state index >= 15 is 0 Å². The lowest BCUT2D eigenvalue weighted by Gasteiger charge is -2.23. The number of amides is 1. The summed E-state index contributed by atoms with van der Waals surface area (Å²) in [6, 6.07) is -0.954. The topological polar surface area (TPSA) is 81.7 Å². The van der Waals surface area contributed by atoms with Gasteiger partial charge in [0.25, 0.3) is 0 Å². The highest BCUT2D eigenvalue weighted by atomic mass is 16.6. The van der Waals surface area contributed by atoms with Crippen molar-refractivity contribution < 1.29 is 23.9 Å². The molecular weight excluding hydrogens is 250 g/mol. The van der Waals surface area contributed by atoms with Crippen molar-refractivity contribution in [3.05, 3.63) is 0 Å². The molecule has 0 radical (unpaired) electrons. The van der Waals surface area contributed by atoms with Gasteiger partial charge < -0.3 is 19.6 Å². The molecule has 0 aliphatic heterocycles. The minimum absolute atomic E-state index is 0.222. The van der Waals surface area contributed by atoms with Crippen LogP contribution in [0.25, 0.3) is 0 Å². The minimum Gasteiger partial charge on any atom is -0.460 e. The van der Waals surface area contributed by atoms with Crippen LogP contribution in [0, 0.1) is 0 Å². The van der Waals surface area contributed by atoms with Gasteiger partial charge in [0.15, 0.2) is 0 Å². The number of esters is 1. The zero-order valence-corrected chi connectivity index (χ0v) is 12.4. The lowest BCUT2D eigenvalue weighted by atomic mass is 10.2. The molecule has 0 bridgehead atoms. The van der Waals surface area contributed by atoms with E-state index in [-0.39, 0.29) is 6.42 Å². The van der Waals surface area contributed by atoms with Gasteiger partial charge in [-0.25, -0.2) is 4.79 Å². The number of nitrogens with one attached hydrogen (secondary N) is 1. The molecule has 0 heterocycles. The van der Waals surface area contributed by atoms with Crippen LogP contribution in [0.4, 0.5) is 4.79 Å². The van der Waals surface area contributed by atoms with E-state index in [0.29, 0.717) is 6.29 Å². The Morgan fingerprint density at radius 2 is 1.53 bits per heavy atom. The van der Waals surface area contributed by atoms with Crippen molar-refractivity contribution in [1.82, 2.24) is 5.32 Å². The molecule has 1 N–H and O–H groups in total. The molecule has 0 aliphatic rings. The monoisotopic (exact) mass is 273 g/mol. The maximum Gasteiger partial charge on any atom is 0.408 e. The van der Waals surface area contributed by atoms with E-state index in [4.69, 9.17) is 9.47 Å². The third-order valence-electron chi connectivity index (χ3n) is 1.67. The van der Waals surface area contributed by atoms with Gasteiger partial charge >= 0.3 is 12.1 Å². The van der Waals surface area contributed by atoms with Crippen LogP contribution in [0.1, 0.15) is 48.0 Å². The SMILES string of the molecule is CC(C)(C)OC(=O)C[C@@H](C=O)NC(=O)OC(C)(C)C. The maximum absolute atomic E-state index is 11.5. The van der Waals surface area contributed by atoms with E-state index in [2.05, 4.69) is 5.32 Å². The highest BCUT2D eigenvalue weighted by Crippen LogP contribution is 2.10. The van der Waals surface area contributed by atoms with Gasteiger partial charge in [0, 0.05) is 0 Å². The normalized spacial score (nSPS) is 13.4. The van der Waals surface area contributed by atoms with Gasteiger partial charge in [-0.3, -0.25) is 4.79 Å². The van der Waals surface area contributed by atoms with Gasteiger partial charge in [-0.2, -0.15) is 0 Å². The summed E-state index contributed by atoms with van der Waals surface area (Å²) < 4.78 is 10.1. The summed E-state index contributed by atoms with van der Waals surface area (Å²) in [5, 5.41) is 2.31. The van der Waals surface area contributed by atoms with Crippen LogP contribution in [0.15, 0.2) is 0 Å². The predicted molar refractivity (Wildman–Crippen MR) is 69.7 cm³/mol. The molecule has 0 saturated heterocycles. The Morgan fingerprint density at radius 1 is 1.05 bits per heavy atom. The molecule has 0 rings (SSSR count). The molecular formula is C13H23NO5. The molecule has 0 saturated carbocycles. The van der Waals surface area contributed by atoms with Crippen molar-refractivity contribution in [1.29, 1.82) is 0 Å². The van der Waals surface area contributed by atoms with Gasteiger partial charge in [-0.15, -0.1) is 0 Å². The first-order valence-electron chi connectivity index (χ1n) is 6.09. The van der Waals surface area contributed by atoms with E-state index in [1.807, 2.05) is 0 Å². The molecule has 1 amide bonds. The first kappa shape index (κ1) is 17.4. The molecule has 0 fully saturated rings. The summed E-state index contributed by atoms with van der Waals surface area (Å²) in [5.74, 6) is -0.555. The van der Waals surface area contributed by atoms with E-state index in [1.165, 1.54) is 0 Å². The fraction of sp³-hybridized carbons (Fsp3) is 0.769. The molecule has 1 atom stereocenters. The van der Waals surface area contributed by atoms with Crippen molar-refractivity contribution >= 4 is 18.3 Å². The Bertz CT molecular complexity index is 308. The van der Waals surface area contributed by atoms with Gasteiger partial charge in [0.1, 0.15) is 17.5 Å². The first-order valence-corrected chi connectivity index (χ1v) is 6.09. The van der Waals surface area contributed by atoms with Crippen LogP contribution in [0.5, 0.6) is 0 Å². The fourth-order valence-corrected chi connectivity index (χ4v) is 1.15. The summed E-state index contributed by atoms with van der Waals surface area (Å²) in [7, 11) is 0. The van der Waals surface area contributed by atoms with E-state index < -0.39 is 29.3 Å². The van der Waals surface area contributed by atoms with Crippen molar-refractivity contribution in [2.24, 2.45) is 0 Å². The highest BCUT2D eigenvalue weighted by molar-refractivity contribution is 5.79. The van der Waals surface area contributed by atoms with E-state index in [1.54, 1.807) is 41.5 Å². The second kappa shape index (κ2) is 6.54. The van der Waals surface area contributed by atoms with Crippen LogP contribution < -0.4 is 5.32 Å². The van der Waals surface area contributed by atoms with Crippen molar-refractivity contribution in [3.8, 4) is 0 Å². The first-order chi connectivity index (χ1) is 8.43. The minimum atomic E-state index is -0.954. The predicted octanol–water partition coefficient (Wildman–Crippen LogP) is 1.81. The standard InChI is InChI=1S/C13H23NO5/c1-12(2,3)18-10(16)7-9(8-15)14-11(17)19-13(4,5)6/h8-9H,7H2,1-6H3,(H,14,17)/t9-/m0/s1. The highest BCUT2D eigenvalue weighted by Gasteiger charge is 2.23. The maximum atomic E-state index is 11.5. The second-order valence-corrected chi connectivity index (χ2v) is 6.18. The molecule has 6 heteroatoms. The smallest absolute Gasteiger partial charge is 0.408 e. The van der Waals surface area contributed by atoms with Crippen LogP contribution in [0.3, 0.4) is 0 Å². The van der Waals surface area contributed by atoms with E-state index in [9.17, 15) is 14.4 Å². The van der Waals surface area contributed by atoms with Crippen molar-refractivity contribution in [3.63, 3.8) is 0 Å². The molecule has 0 spiro atoms. The molecule has 110 valence electrons. The third kappa shape index (κ3) is 10.1. The Kier molecular flexibility index (Phi) is 5.99. The second-order valence-electron chi connectivity index (χ2n) is 6.18. The Balaban J connectivity index is 4.33. The molecule has 0 aromatic rings. The lowest BCUT2D eigenvalue weighted by molar-refractivity contribution is -0.155. The van der Waals surface area contributed by atoms with Crippen LogP contribution in [-0.4, -0.2) is 35.6 Å². The van der Waals surface area contributed by atoms with Gasteiger partial charge in [0.05, 0.1) is 12.5 Å². The summed E-state index contributed by atoms with van der Waals surface area (Å²) in [4.78, 5) is 33.8. The number of carbonyl (C=O) groups is 3. The van der Waals surface area contributed by atoms with Gasteiger partial charge in [-0.05, 0) is 41.5 Å². The number of alkyl carbamates (subject to hydrolysis) is 1. The van der Waals surface area contributed by atoms with E-state index in [0.717, 1.165) is 0 Å². The summed E-state index contributed by atoms with van der Waals surface area (Å²) in [6.07, 6.45) is -0.485. The van der Waals surface area contributed by atoms with Crippen LogP contribution in [-0.2, 0) is 19.1 Å². The molecule has 0 aromatic heterocycles. The van der Waals surface area contributed by atoms with Crippen LogP contribution in [0.2, 0.25) is 0 Å².